The molecule has 0 aliphatic rings. The zero-order valence-electron chi connectivity index (χ0n) is 10.7. The van der Waals surface area contributed by atoms with E-state index in [1.54, 1.807) is 19.1 Å². The Labute approximate surface area is 119 Å². The molecule has 1 aromatic rings. The minimum absolute atomic E-state index is 0.187. The van der Waals surface area contributed by atoms with Crippen LogP contribution in [-0.4, -0.2) is 32.5 Å². The van der Waals surface area contributed by atoms with Gasteiger partial charge in [0.1, 0.15) is 0 Å². The van der Waals surface area contributed by atoms with E-state index >= 15 is 0 Å². The molecular weight excluding hydrogens is 316 g/mol. The molecule has 104 valence electrons. The van der Waals surface area contributed by atoms with Crippen molar-refractivity contribution < 1.29 is 19.0 Å². The highest BCUT2D eigenvalue weighted by Crippen LogP contribution is 2.36. The van der Waals surface area contributed by atoms with Crippen LogP contribution in [0.1, 0.15) is 12.5 Å². The lowest BCUT2D eigenvalue weighted by atomic mass is 10.2. The first-order valence-electron chi connectivity index (χ1n) is 5.51. The van der Waals surface area contributed by atoms with Gasteiger partial charge in [-0.1, -0.05) is 0 Å². The highest BCUT2D eigenvalue weighted by Gasteiger charge is 2.13. The maximum atomic E-state index is 11.3. The van der Waals surface area contributed by atoms with Gasteiger partial charge in [-0.3, -0.25) is 0 Å². The van der Waals surface area contributed by atoms with Crippen molar-refractivity contribution in [1.29, 1.82) is 0 Å². The summed E-state index contributed by atoms with van der Waals surface area (Å²) in [5.74, 6) is 5.54. The van der Waals surface area contributed by atoms with Crippen molar-refractivity contribution in [2.75, 3.05) is 20.3 Å². The number of esters is 1. The molecule has 0 radical (unpaired) electrons. The molecule has 7 heteroatoms. The molecule has 0 spiro atoms. The summed E-state index contributed by atoms with van der Waals surface area (Å²) in [5, 5.41) is 3.43. The Kier molecular flexibility index (Phi) is 6.14. The molecule has 0 saturated heterocycles. The number of nitrogens with zero attached hydrogens (tertiary/aromatic N) is 1. The lowest BCUT2D eigenvalue weighted by Crippen LogP contribution is -2.15. The van der Waals surface area contributed by atoms with Gasteiger partial charge in [0.2, 0.25) is 0 Å². The van der Waals surface area contributed by atoms with Gasteiger partial charge < -0.3 is 20.1 Å². The van der Waals surface area contributed by atoms with E-state index in [9.17, 15) is 4.79 Å². The van der Waals surface area contributed by atoms with Gasteiger partial charge in [0.25, 0.3) is 0 Å². The minimum atomic E-state index is -0.441. The van der Waals surface area contributed by atoms with Gasteiger partial charge in [-0.2, -0.15) is 5.10 Å². The van der Waals surface area contributed by atoms with E-state index in [4.69, 9.17) is 20.1 Å². The van der Waals surface area contributed by atoms with Crippen molar-refractivity contribution in [2.45, 2.75) is 6.92 Å². The number of carbonyl (C=O) groups excluding carboxylic acids is 1. The summed E-state index contributed by atoms with van der Waals surface area (Å²) in [5.41, 5.74) is 0.745. The van der Waals surface area contributed by atoms with Gasteiger partial charge in [0.15, 0.2) is 18.1 Å². The number of rotatable bonds is 6. The summed E-state index contributed by atoms with van der Waals surface area (Å²) in [6.07, 6.45) is 1.47. The molecule has 19 heavy (non-hydrogen) atoms. The maximum absolute atomic E-state index is 11.3. The van der Waals surface area contributed by atoms with E-state index in [0.29, 0.717) is 22.6 Å². The van der Waals surface area contributed by atoms with Crippen LogP contribution < -0.4 is 15.3 Å². The number of carbonyl (C=O) groups is 1. The summed E-state index contributed by atoms with van der Waals surface area (Å²) >= 11 is 3.34. The van der Waals surface area contributed by atoms with Gasteiger partial charge in [-0.15, -0.1) is 0 Å². The van der Waals surface area contributed by atoms with Crippen molar-refractivity contribution in [1.82, 2.24) is 0 Å². The van der Waals surface area contributed by atoms with Crippen LogP contribution in [0.4, 0.5) is 0 Å². The highest BCUT2D eigenvalue weighted by molar-refractivity contribution is 9.10. The fourth-order valence-corrected chi connectivity index (χ4v) is 1.95. The first-order valence-corrected chi connectivity index (χ1v) is 6.30. The number of halogens is 1. The number of methoxy groups -OCH3 is 1. The average Bonchev–Trinajstić information content (AvgIpc) is 2.37. The third kappa shape index (κ3) is 4.44. The lowest BCUT2D eigenvalue weighted by Gasteiger charge is -2.12. The Morgan fingerprint density at radius 3 is 2.84 bits per heavy atom. The second kappa shape index (κ2) is 7.63. The topological polar surface area (TPSA) is 83.1 Å². The molecule has 2 N–H and O–H groups in total. The predicted molar refractivity (Wildman–Crippen MR) is 74.6 cm³/mol. The summed E-state index contributed by atoms with van der Waals surface area (Å²) in [6, 6.07) is 3.45. The van der Waals surface area contributed by atoms with E-state index < -0.39 is 5.97 Å². The molecule has 0 unspecified atom stereocenters. The Balaban J connectivity index is 2.90. The average molecular weight is 331 g/mol. The lowest BCUT2D eigenvalue weighted by molar-refractivity contribution is -0.145. The van der Waals surface area contributed by atoms with E-state index in [1.807, 2.05) is 0 Å². The normalized spacial score (nSPS) is 10.5. The number of hydrogen-bond donors (Lipinski definition) is 1. The maximum Gasteiger partial charge on any atom is 0.344 e. The quantitative estimate of drug-likeness (QED) is 0.371. The smallest absolute Gasteiger partial charge is 0.344 e. The first-order chi connectivity index (χ1) is 9.12. The van der Waals surface area contributed by atoms with Crippen LogP contribution in [0.5, 0.6) is 11.5 Å². The largest absolute Gasteiger partial charge is 0.493 e. The number of ether oxygens (including phenoxy) is 3. The van der Waals surface area contributed by atoms with Crippen LogP contribution in [0.2, 0.25) is 0 Å². The van der Waals surface area contributed by atoms with Crippen molar-refractivity contribution in [2.24, 2.45) is 10.9 Å². The molecule has 0 saturated carbocycles. The zero-order valence-corrected chi connectivity index (χ0v) is 12.3. The molecule has 0 bridgehead atoms. The number of benzene rings is 1. The third-order valence-corrected chi connectivity index (χ3v) is 2.70. The monoisotopic (exact) mass is 330 g/mol. The molecule has 0 aliphatic heterocycles. The molecular formula is C12H15BrN2O4. The highest BCUT2D eigenvalue weighted by atomic mass is 79.9. The van der Waals surface area contributed by atoms with E-state index in [2.05, 4.69) is 21.0 Å². The summed E-state index contributed by atoms with van der Waals surface area (Å²) < 4.78 is 16.0. The standard InChI is InChI=1S/C12H15BrN2O4/c1-3-18-11(16)7-19-12-9(13)4-8(6-15-14)5-10(12)17-2/h4-6H,3,7,14H2,1-2H3. The van der Waals surface area contributed by atoms with Gasteiger partial charge >= 0.3 is 5.97 Å². The molecule has 0 aliphatic carbocycles. The SMILES string of the molecule is CCOC(=O)COc1c(Br)cc(C=NN)cc1OC. The summed E-state index contributed by atoms with van der Waals surface area (Å²) in [6.45, 7) is 1.86. The van der Waals surface area contributed by atoms with Crippen LogP contribution in [0.25, 0.3) is 0 Å². The van der Waals surface area contributed by atoms with Crippen LogP contribution >= 0.6 is 15.9 Å². The molecule has 1 aromatic carbocycles. The van der Waals surface area contributed by atoms with E-state index in [0.717, 1.165) is 5.56 Å². The summed E-state index contributed by atoms with van der Waals surface area (Å²) in [4.78, 5) is 11.3. The van der Waals surface area contributed by atoms with E-state index in [-0.39, 0.29) is 6.61 Å². The second-order valence-corrected chi connectivity index (χ2v) is 4.26. The van der Waals surface area contributed by atoms with Gasteiger partial charge in [0.05, 0.1) is 24.4 Å². The Morgan fingerprint density at radius 2 is 2.26 bits per heavy atom. The van der Waals surface area contributed by atoms with Crippen molar-refractivity contribution in [3.8, 4) is 11.5 Å². The molecule has 0 fully saturated rings. The number of hydrazone groups is 1. The Morgan fingerprint density at radius 1 is 1.53 bits per heavy atom. The third-order valence-electron chi connectivity index (χ3n) is 2.12. The molecule has 0 amide bonds. The van der Waals surface area contributed by atoms with Gasteiger partial charge in [-0.25, -0.2) is 4.79 Å². The van der Waals surface area contributed by atoms with Crippen LogP contribution in [0, 0.1) is 0 Å². The van der Waals surface area contributed by atoms with Crippen molar-refractivity contribution >= 4 is 28.1 Å². The van der Waals surface area contributed by atoms with Gasteiger partial charge in [-0.05, 0) is 40.5 Å². The molecule has 1 rings (SSSR count). The summed E-state index contributed by atoms with van der Waals surface area (Å²) in [7, 11) is 1.50. The number of hydrogen-bond acceptors (Lipinski definition) is 6. The Bertz CT molecular complexity index is 477. The molecule has 6 nitrogen and oxygen atoms in total. The van der Waals surface area contributed by atoms with Crippen LogP contribution in [0.15, 0.2) is 21.7 Å². The molecule has 0 aromatic heterocycles. The van der Waals surface area contributed by atoms with Crippen LogP contribution in [-0.2, 0) is 9.53 Å². The fraction of sp³-hybridized carbons (Fsp3) is 0.333. The predicted octanol–water partition coefficient (Wildman–Crippen LogP) is 1.69. The molecule has 0 atom stereocenters. The van der Waals surface area contributed by atoms with Crippen molar-refractivity contribution in [3.05, 3.63) is 22.2 Å². The van der Waals surface area contributed by atoms with E-state index in [1.165, 1.54) is 13.3 Å². The van der Waals surface area contributed by atoms with Crippen molar-refractivity contribution in [3.63, 3.8) is 0 Å². The second-order valence-electron chi connectivity index (χ2n) is 3.41. The van der Waals surface area contributed by atoms with Crippen LogP contribution in [0.3, 0.4) is 0 Å². The zero-order chi connectivity index (χ0) is 14.3. The minimum Gasteiger partial charge on any atom is -0.493 e. The Hall–Kier alpha value is -1.76. The molecule has 0 heterocycles. The van der Waals surface area contributed by atoms with Gasteiger partial charge in [0, 0.05) is 0 Å². The first kappa shape index (κ1) is 15.3. The fourth-order valence-electron chi connectivity index (χ4n) is 1.37. The number of nitrogens with two attached hydrogens (primary N) is 1.